The van der Waals surface area contributed by atoms with Crippen LogP contribution in [0.2, 0.25) is 0 Å². The topological polar surface area (TPSA) is 53.1 Å². The van der Waals surface area contributed by atoms with E-state index in [4.69, 9.17) is 0 Å². The zero-order chi connectivity index (χ0) is 13.7. The first kappa shape index (κ1) is 14.0. The summed E-state index contributed by atoms with van der Waals surface area (Å²) in [5, 5.41) is 5.88. The van der Waals surface area contributed by atoms with Crippen molar-refractivity contribution in [3.63, 3.8) is 0 Å². The van der Waals surface area contributed by atoms with Gasteiger partial charge in [-0.1, -0.05) is 6.42 Å². The number of halogens is 1. The molecular formula is C13H22FN5. The van der Waals surface area contributed by atoms with Crippen LogP contribution in [0.15, 0.2) is 6.20 Å². The maximum absolute atomic E-state index is 13.6. The molecule has 0 aromatic carbocycles. The average Bonchev–Trinajstić information content (AvgIpc) is 2.47. The summed E-state index contributed by atoms with van der Waals surface area (Å²) >= 11 is 0. The summed E-state index contributed by atoms with van der Waals surface area (Å²) in [7, 11) is 1.72. The van der Waals surface area contributed by atoms with Gasteiger partial charge in [-0.25, -0.2) is 9.37 Å². The summed E-state index contributed by atoms with van der Waals surface area (Å²) in [5.41, 5.74) is 0. The van der Waals surface area contributed by atoms with Gasteiger partial charge in [-0.2, -0.15) is 4.98 Å². The van der Waals surface area contributed by atoms with Gasteiger partial charge in [-0.05, 0) is 32.9 Å². The van der Waals surface area contributed by atoms with Crippen molar-refractivity contribution in [2.24, 2.45) is 0 Å². The molecule has 0 bridgehead atoms. The third-order valence-corrected chi connectivity index (χ3v) is 3.55. The largest absolute Gasteiger partial charge is 0.366 e. The normalized spacial score (nSPS) is 18.1. The van der Waals surface area contributed by atoms with Crippen LogP contribution < -0.4 is 10.6 Å². The summed E-state index contributed by atoms with van der Waals surface area (Å²) in [5.74, 6) is 0.280. The predicted octanol–water partition coefficient (Wildman–Crippen LogP) is 1.94. The molecule has 1 unspecified atom stereocenters. The number of nitrogens with one attached hydrogen (secondary N) is 2. The third-order valence-electron chi connectivity index (χ3n) is 3.55. The van der Waals surface area contributed by atoms with E-state index in [1.807, 2.05) is 0 Å². The number of aromatic nitrogens is 2. The van der Waals surface area contributed by atoms with E-state index in [2.05, 4.69) is 32.4 Å². The lowest BCUT2D eigenvalue weighted by molar-refractivity contribution is 0.180. The number of piperidine rings is 1. The molecule has 0 amide bonds. The lowest BCUT2D eigenvalue weighted by Gasteiger charge is -2.32. The minimum absolute atomic E-state index is 0.267. The molecule has 1 aromatic rings. The molecule has 2 rings (SSSR count). The Bertz CT molecular complexity index is 406. The predicted molar refractivity (Wildman–Crippen MR) is 74.9 cm³/mol. The highest BCUT2D eigenvalue weighted by atomic mass is 19.1. The first-order valence-corrected chi connectivity index (χ1v) is 6.89. The summed E-state index contributed by atoms with van der Waals surface area (Å²) in [4.78, 5) is 10.3. The molecule has 2 N–H and O–H groups in total. The van der Waals surface area contributed by atoms with E-state index in [1.165, 1.54) is 25.5 Å². The van der Waals surface area contributed by atoms with Crippen LogP contribution in [0.25, 0.3) is 0 Å². The summed E-state index contributed by atoms with van der Waals surface area (Å²) in [6.45, 7) is 5.13. The van der Waals surface area contributed by atoms with Crippen molar-refractivity contribution >= 4 is 11.8 Å². The second-order valence-corrected chi connectivity index (χ2v) is 4.97. The molecule has 19 heavy (non-hydrogen) atoms. The lowest BCUT2D eigenvalue weighted by Crippen LogP contribution is -2.41. The van der Waals surface area contributed by atoms with E-state index in [9.17, 15) is 4.39 Å². The van der Waals surface area contributed by atoms with Crippen molar-refractivity contribution in [3.8, 4) is 0 Å². The van der Waals surface area contributed by atoms with Crippen molar-refractivity contribution in [2.45, 2.75) is 32.2 Å². The molecule has 2 heterocycles. The van der Waals surface area contributed by atoms with Gasteiger partial charge in [0.1, 0.15) is 0 Å². The monoisotopic (exact) mass is 267 g/mol. The number of hydrogen-bond acceptors (Lipinski definition) is 5. The fourth-order valence-electron chi connectivity index (χ4n) is 2.34. The Morgan fingerprint density at radius 1 is 1.37 bits per heavy atom. The van der Waals surface area contributed by atoms with Crippen molar-refractivity contribution in [3.05, 3.63) is 12.0 Å². The van der Waals surface area contributed by atoms with Crippen LogP contribution in [0.5, 0.6) is 0 Å². The van der Waals surface area contributed by atoms with Gasteiger partial charge in [0.05, 0.1) is 6.20 Å². The van der Waals surface area contributed by atoms with Gasteiger partial charge in [0.2, 0.25) is 5.95 Å². The highest BCUT2D eigenvalue weighted by molar-refractivity contribution is 5.40. The molecule has 1 aromatic heterocycles. The molecule has 1 fully saturated rings. The van der Waals surface area contributed by atoms with Gasteiger partial charge in [-0.15, -0.1) is 0 Å². The Labute approximate surface area is 113 Å². The smallest absolute Gasteiger partial charge is 0.224 e. The lowest BCUT2D eigenvalue weighted by atomic mass is 10.1. The highest BCUT2D eigenvalue weighted by Gasteiger charge is 2.17. The van der Waals surface area contributed by atoms with Gasteiger partial charge in [0.25, 0.3) is 0 Å². The van der Waals surface area contributed by atoms with Crippen LogP contribution in [0.1, 0.15) is 26.2 Å². The summed E-state index contributed by atoms with van der Waals surface area (Å²) < 4.78 is 13.6. The Kier molecular flexibility index (Phi) is 4.90. The van der Waals surface area contributed by atoms with E-state index in [-0.39, 0.29) is 5.82 Å². The number of anilines is 2. The molecule has 0 spiro atoms. The van der Waals surface area contributed by atoms with Crippen LogP contribution in [-0.4, -0.2) is 47.6 Å². The second kappa shape index (κ2) is 6.65. The molecule has 1 aliphatic rings. The van der Waals surface area contributed by atoms with Gasteiger partial charge in [-0.3, -0.25) is 4.90 Å². The molecule has 5 nitrogen and oxygen atoms in total. The van der Waals surface area contributed by atoms with Gasteiger partial charge >= 0.3 is 0 Å². The van der Waals surface area contributed by atoms with Crippen molar-refractivity contribution in [1.82, 2.24) is 14.9 Å². The Morgan fingerprint density at radius 3 is 2.79 bits per heavy atom. The first-order valence-electron chi connectivity index (χ1n) is 6.89. The van der Waals surface area contributed by atoms with Crippen LogP contribution >= 0.6 is 0 Å². The average molecular weight is 267 g/mol. The number of nitrogens with zero attached hydrogens (tertiary/aromatic N) is 3. The SMILES string of the molecule is CNc1ncc(F)c(NCC(C)N2CCCCC2)n1. The molecule has 1 aliphatic heterocycles. The van der Waals surface area contributed by atoms with E-state index in [1.54, 1.807) is 7.05 Å². The molecule has 0 aliphatic carbocycles. The Hall–Kier alpha value is -1.43. The Morgan fingerprint density at radius 2 is 2.11 bits per heavy atom. The van der Waals surface area contributed by atoms with E-state index >= 15 is 0 Å². The molecule has 0 radical (unpaired) electrons. The van der Waals surface area contributed by atoms with E-state index < -0.39 is 5.82 Å². The van der Waals surface area contributed by atoms with Crippen LogP contribution in [0.4, 0.5) is 16.2 Å². The Balaban J connectivity index is 1.90. The zero-order valence-electron chi connectivity index (χ0n) is 11.6. The molecule has 1 saturated heterocycles. The van der Waals surface area contributed by atoms with Crippen LogP contribution in [0.3, 0.4) is 0 Å². The molecule has 0 saturated carbocycles. The molecule has 1 atom stereocenters. The van der Waals surface area contributed by atoms with Crippen molar-refractivity contribution in [2.75, 3.05) is 37.3 Å². The number of rotatable bonds is 5. The summed E-state index contributed by atoms with van der Waals surface area (Å²) in [6.07, 6.45) is 5.03. The third kappa shape index (κ3) is 3.76. The molecule has 106 valence electrons. The maximum atomic E-state index is 13.6. The number of likely N-dealkylation sites (tertiary alicyclic amines) is 1. The minimum Gasteiger partial charge on any atom is -0.366 e. The quantitative estimate of drug-likeness (QED) is 0.854. The van der Waals surface area contributed by atoms with E-state index in [0.717, 1.165) is 13.1 Å². The van der Waals surface area contributed by atoms with Crippen molar-refractivity contribution in [1.29, 1.82) is 0 Å². The molecule has 6 heteroatoms. The standard InChI is InChI=1S/C13H22FN5/c1-10(19-6-4-3-5-7-19)8-16-12-11(14)9-17-13(15-2)18-12/h9-10H,3-8H2,1-2H3,(H2,15,16,17,18). The number of hydrogen-bond donors (Lipinski definition) is 2. The molecular weight excluding hydrogens is 245 g/mol. The van der Waals surface area contributed by atoms with E-state index in [0.29, 0.717) is 18.5 Å². The fraction of sp³-hybridized carbons (Fsp3) is 0.692. The van der Waals surface area contributed by atoms with Gasteiger partial charge in [0, 0.05) is 19.6 Å². The fourth-order valence-corrected chi connectivity index (χ4v) is 2.34. The van der Waals surface area contributed by atoms with Gasteiger partial charge < -0.3 is 10.6 Å². The van der Waals surface area contributed by atoms with Gasteiger partial charge in [0.15, 0.2) is 11.6 Å². The summed E-state index contributed by atoms with van der Waals surface area (Å²) in [6, 6.07) is 0.382. The zero-order valence-corrected chi connectivity index (χ0v) is 11.6. The first-order chi connectivity index (χ1) is 9.20. The van der Waals surface area contributed by atoms with Crippen molar-refractivity contribution < 1.29 is 4.39 Å². The second-order valence-electron chi connectivity index (χ2n) is 4.97. The highest BCUT2D eigenvalue weighted by Crippen LogP contribution is 2.14. The maximum Gasteiger partial charge on any atom is 0.224 e. The minimum atomic E-state index is -0.412. The van der Waals surface area contributed by atoms with Crippen LogP contribution in [-0.2, 0) is 0 Å². The van der Waals surface area contributed by atoms with Crippen LogP contribution in [0, 0.1) is 5.82 Å².